The molecule has 2 heterocycles. The van der Waals surface area contributed by atoms with E-state index < -0.39 is 0 Å². The second-order valence-electron chi connectivity index (χ2n) is 7.60. The van der Waals surface area contributed by atoms with E-state index in [1.165, 1.54) is 25.0 Å². The SMILES string of the molecule is Cc1nn(-c2ccc(F)cc2)c(C)c1CC(=O)NCCC1CCN(C)CC1. The van der Waals surface area contributed by atoms with Crippen LogP contribution in [0, 0.1) is 25.6 Å². The summed E-state index contributed by atoms with van der Waals surface area (Å²) in [5.41, 5.74) is 3.49. The number of hydrogen-bond donors (Lipinski definition) is 1. The number of benzene rings is 1. The standard InChI is InChI=1S/C21H29FN4O/c1-15-20(16(2)26(24-15)19-6-4-18(22)5-7-19)14-21(27)23-11-8-17-9-12-25(3)13-10-17/h4-7,17H,8-14H2,1-3H3,(H,23,27). The molecule has 1 amide bonds. The number of carbonyl (C=O) groups is 1. The van der Waals surface area contributed by atoms with Gasteiger partial charge < -0.3 is 10.2 Å². The maximum atomic E-state index is 13.1. The molecule has 1 aromatic carbocycles. The Balaban J connectivity index is 1.55. The number of rotatable bonds is 6. The summed E-state index contributed by atoms with van der Waals surface area (Å²) in [7, 11) is 2.16. The van der Waals surface area contributed by atoms with Crippen molar-refractivity contribution in [1.82, 2.24) is 20.0 Å². The van der Waals surface area contributed by atoms with Gasteiger partial charge in [0, 0.05) is 17.8 Å². The van der Waals surface area contributed by atoms with Crippen molar-refractivity contribution in [2.45, 2.75) is 39.5 Å². The van der Waals surface area contributed by atoms with Crippen LogP contribution in [0.3, 0.4) is 0 Å². The largest absolute Gasteiger partial charge is 0.356 e. The number of nitrogens with zero attached hydrogens (tertiary/aromatic N) is 3. The Morgan fingerprint density at radius 3 is 2.56 bits per heavy atom. The minimum Gasteiger partial charge on any atom is -0.356 e. The first-order chi connectivity index (χ1) is 12.9. The number of hydrogen-bond acceptors (Lipinski definition) is 3. The molecule has 6 heteroatoms. The summed E-state index contributed by atoms with van der Waals surface area (Å²) in [4.78, 5) is 14.8. The maximum absolute atomic E-state index is 13.1. The molecule has 27 heavy (non-hydrogen) atoms. The van der Waals surface area contributed by atoms with Crippen molar-refractivity contribution in [3.63, 3.8) is 0 Å². The van der Waals surface area contributed by atoms with Crippen molar-refractivity contribution in [3.05, 3.63) is 47.0 Å². The molecule has 1 aliphatic rings. The molecule has 1 aliphatic heterocycles. The average molecular weight is 372 g/mol. The highest BCUT2D eigenvalue weighted by atomic mass is 19.1. The summed E-state index contributed by atoms with van der Waals surface area (Å²) in [5, 5.41) is 7.59. The molecule has 0 atom stereocenters. The summed E-state index contributed by atoms with van der Waals surface area (Å²) in [6, 6.07) is 6.23. The van der Waals surface area contributed by atoms with E-state index in [0.29, 0.717) is 12.3 Å². The van der Waals surface area contributed by atoms with Crippen LogP contribution in [0.25, 0.3) is 5.69 Å². The number of halogens is 1. The monoisotopic (exact) mass is 372 g/mol. The Labute approximate surface area is 160 Å². The van der Waals surface area contributed by atoms with Gasteiger partial charge in [0.25, 0.3) is 0 Å². The first-order valence-electron chi connectivity index (χ1n) is 9.70. The van der Waals surface area contributed by atoms with E-state index in [2.05, 4.69) is 22.4 Å². The third-order valence-corrected chi connectivity index (χ3v) is 5.56. The predicted octanol–water partition coefficient (Wildman–Crippen LogP) is 3.02. The van der Waals surface area contributed by atoms with Crippen LogP contribution in [0.1, 0.15) is 36.2 Å². The number of carbonyl (C=O) groups excluding carboxylic acids is 1. The van der Waals surface area contributed by atoms with Crippen molar-refractivity contribution in [2.24, 2.45) is 5.92 Å². The van der Waals surface area contributed by atoms with Gasteiger partial charge in [-0.25, -0.2) is 9.07 Å². The molecular formula is C21H29FN4O. The van der Waals surface area contributed by atoms with Crippen LogP contribution < -0.4 is 5.32 Å². The van der Waals surface area contributed by atoms with Crippen LogP contribution in [-0.2, 0) is 11.2 Å². The van der Waals surface area contributed by atoms with Gasteiger partial charge in [0.05, 0.1) is 17.8 Å². The smallest absolute Gasteiger partial charge is 0.224 e. The Hall–Kier alpha value is -2.21. The molecule has 146 valence electrons. The van der Waals surface area contributed by atoms with Crippen LogP contribution in [0.15, 0.2) is 24.3 Å². The third-order valence-electron chi connectivity index (χ3n) is 5.56. The Kier molecular flexibility index (Phi) is 6.26. The lowest BCUT2D eigenvalue weighted by atomic mass is 9.94. The Bertz CT molecular complexity index is 776. The van der Waals surface area contributed by atoms with Gasteiger partial charge in [0.15, 0.2) is 0 Å². The molecule has 0 bridgehead atoms. The molecule has 0 saturated carbocycles. The molecule has 1 fully saturated rings. The fourth-order valence-electron chi connectivity index (χ4n) is 3.75. The molecule has 2 aromatic rings. The second-order valence-corrected chi connectivity index (χ2v) is 7.60. The highest BCUT2D eigenvalue weighted by Crippen LogP contribution is 2.20. The van der Waals surface area contributed by atoms with Gasteiger partial charge in [0.2, 0.25) is 5.91 Å². The molecule has 0 aliphatic carbocycles. The minimum absolute atomic E-state index is 0.0350. The minimum atomic E-state index is -0.274. The van der Waals surface area contributed by atoms with E-state index in [4.69, 9.17) is 0 Å². The van der Waals surface area contributed by atoms with Gasteiger partial charge in [-0.1, -0.05) is 0 Å². The zero-order chi connectivity index (χ0) is 19.4. The van der Waals surface area contributed by atoms with Crippen LogP contribution in [0.4, 0.5) is 4.39 Å². The fraction of sp³-hybridized carbons (Fsp3) is 0.524. The quantitative estimate of drug-likeness (QED) is 0.848. The van der Waals surface area contributed by atoms with Gasteiger partial charge in [-0.05, 0) is 83.4 Å². The topological polar surface area (TPSA) is 50.2 Å². The van der Waals surface area contributed by atoms with Crippen molar-refractivity contribution < 1.29 is 9.18 Å². The Morgan fingerprint density at radius 2 is 1.89 bits per heavy atom. The van der Waals surface area contributed by atoms with Crippen LogP contribution >= 0.6 is 0 Å². The highest BCUT2D eigenvalue weighted by Gasteiger charge is 2.18. The van der Waals surface area contributed by atoms with Gasteiger partial charge >= 0.3 is 0 Å². The summed E-state index contributed by atoms with van der Waals surface area (Å²) in [6.45, 7) is 6.90. The number of piperidine rings is 1. The number of amides is 1. The van der Waals surface area contributed by atoms with Crippen molar-refractivity contribution >= 4 is 5.91 Å². The Morgan fingerprint density at radius 1 is 1.22 bits per heavy atom. The summed E-state index contributed by atoms with van der Waals surface area (Å²) >= 11 is 0. The zero-order valence-corrected chi connectivity index (χ0v) is 16.5. The molecule has 0 spiro atoms. The molecule has 1 N–H and O–H groups in total. The first-order valence-corrected chi connectivity index (χ1v) is 9.70. The summed E-state index contributed by atoms with van der Waals surface area (Å²) < 4.78 is 14.9. The molecule has 1 saturated heterocycles. The predicted molar refractivity (Wildman–Crippen MR) is 105 cm³/mol. The summed E-state index contributed by atoms with van der Waals surface area (Å²) in [5.74, 6) is 0.475. The van der Waals surface area contributed by atoms with Gasteiger partial charge in [-0.2, -0.15) is 5.10 Å². The molecule has 0 unspecified atom stereocenters. The van der Waals surface area contributed by atoms with Crippen LogP contribution in [0.5, 0.6) is 0 Å². The van der Waals surface area contributed by atoms with Gasteiger partial charge in [-0.15, -0.1) is 0 Å². The number of likely N-dealkylation sites (tertiary alicyclic amines) is 1. The number of nitrogens with one attached hydrogen (secondary N) is 1. The molecular weight excluding hydrogens is 343 g/mol. The molecule has 0 radical (unpaired) electrons. The van der Waals surface area contributed by atoms with E-state index in [0.717, 1.165) is 48.7 Å². The lowest BCUT2D eigenvalue weighted by molar-refractivity contribution is -0.120. The zero-order valence-electron chi connectivity index (χ0n) is 16.5. The van der Waals surface area contributed by atoms with Crippen molar-refractivity contribution in [2.75, 3.05) is 26.7 Å². The van der Waals surface area contributed by atoms with Gasteiger partial charge in [0.1, 0.15) is 5.82 Å². The fourth-order valence-corrected chi connectivity index (χ4v) is 3.75. The third kappa shape index (κ3) is 4.95. The van der Waals surface area contributed by atoms with E-state index >= 15 is 0 Å². The van der Waals surface area contributed by atoms with Crippen molar-refractivity contribution in [1.29, 1.82) is 0 Å². The lowest BCUT2D eigenvalue weighted by Gasteiger charge is -2.28. The summed E-state index contributed by atoms with van der Waals surface area (Å²) in [6.07, 6.45) is 3.81. The first kappa shape index (κ1) is 19.5. The van der Waals surface area contributed by atoms with E-state index in [9.17, 15) is 9.18 Å². The molecule has 5 nitrogen and oxygen atoms in total. The average Bonchev–Trinajstić information content (AvgIpc) is 2.92. The second kappa shape index (κ2) is 8.65. The number of aryl methyl sites for hydroxylation is 1. The normalized spacial score (nSPS) is 15.9. The maximum Gasteiger partial charge on any atom is 0.224 e. The van der Waals surface area contributed by atoms with Crippen LogP contribution in [0.2, 0.25) is 0 Å². The lowest BCUT2D eigenvalue weighted by Crippen LogP contribution is -2.33. The van der Waals surface area contributed by atoms with Gasteiger partial charge in [-0.3, -0.25) is 4.79 Å². The van der Waals surface area contributed by atoms with E-state index in [-0.39, 0.29) is 11.7 Å². The van der Waals surface area contributed by atoms with E-state index in [1.807, 2.05) is 13.8 Å². The molecule has 3 rings (SSSR count). The highest BCUT2D eigenvalue weighted by molar-refractivity contribution is 5.79. The van der Waals surface area contributed by atoms with Crippen LogP contribution in [-0.4, -0.2) is 47.3 Å². The van der Waals surface area contributed by atoms with Crippen molar-refractivity contribution in [3.8, 4) is 5.69 Å². The number of aromatic nitrogens is 2. The molecule has 1 aromatic heterocycles. The van der Waals surface area contributed by atoms with E-state index in [1.54, 1.807) is 16.8 Å².